The number of aromatic nitrogens is 5. The van der Waals surface area contributed by atoms with Crippen molar-refractivity contribution in [3.63, 3.8) is 0 Å². The van der Waals surface area contributed by atoms with Crippen LogP contribution in [0.25, 0.3) is 21.6 Å². The third-order valence-corrected chi connectivity index (χ3v) is 8.14. The monoisotopic (exact) mass is 564 g/mol. The van der Waals surface area contributed by atoms with E-state index in [2.05, 4.69) is 24.9 Å². The van der Waals surface area contributed by atoms with E-state index in [9.17, 15) is 21.6 Å². The third-order valence-electron chi connectivity index (χ3n) is 6.26. The zero-order valence-electron chi connectivity index (χ0n) is 20.2. The van der Waals surface area contributed by atoms with Gasteiger partial charge in [-0.1, -0.05) is 11.3 Å². The molecule has 1 saturated heterocycles. The Morgan fingerprint density at radius 3 is 2.39 bits per heavy atom. The molecule has 5 rings (SSSR count). The smallest absolute Gasteiger partial charge is 0.419 e. The first-order valence-corrected chi connectivity index (χ1v) is 14.5. The molecular weight excluding hydrogens is 541 g/mol. The molecule has 0 N–H and O–H groups in total. The second-order valence-electron chi connectivity index (χ2n) is 8.99. The average molecular weight is 565 g/mol. The molecule has 0 unspecified atom stereocenters. The Hall–Kier alpha value is -3.39. The molecular formula is C24H23F3N6O3S2. The summed E-state index contributed by atoms with van der Waals surface area (Å²) in [5, 5.41) is 0.528. The summed E-state index contributed by atoms with van der Waals surface area (Å²) in [6, 6.07) is 6.77. The van der Waals surface area contributed by atoms with E-state index >= 15 is 0 Å². The lowest BCUT2D eigenvalue weighted by Crippen LogP contribution is -2.35. The summed E-state index contributed by atoms with van der Waals surface area (Å²) in [7, 11) is -3.37. The van der Waals surface area contributed by atoms with Crippen LogP contribution < -0.4 is 9.64 Å². The fourth-order valence-corrected chi connectivity index (χ4v) is 5.51. The Morgan fingerprint density at radius 1 is 1.03 bits per heavy atom. The van der Waals surface area contributed by atoms with Crippen molar-refractivity contribution in [1.82, 2.24) is 24.9 Å². The largest absolute Gasteiger partial charge is 0.470 e. The summed E-state index contributed by atoms with van der Waals surface area (Å²) in [5.41, 5.74) is 1.21. The number of alkyl halides is 3. The number of pyridine rings is 2. The van der Waals surface area contributed by atoms with E-state index in [0.29, 0.717) is 58.4 Å². The number of thiazole rings is 1. The molecule has 0 aromatic carbocycles. The summed E-state index contributed by atoms with van der Waals surface area (Å²) in [5.74, 6) is 0.735. The van der Waals surface area contributed by atoms with Crippen molar-refractivity contribution in [1.29, 1.82) is 0 Å². The second-order valence-corrected chi connectivity index (χ2v) is 11.9. The number of halogens is 3. The van der Waals surface area contributed by atoms with Crippen molar-refractivity contribution in [3.8, 4) is 16.5 Å². The summed E-state index contributed by atoms with van der Waals surface area (Å²) in [4.78, 5) is 23.5. The predicted octanol–water partition coefficient (Wildman–Crippen LogP) is 4.65. The van der Waals surface area contributed by atoms with Gasteiger partial charge in [0.25, 0.3) is 5.19 Å². The first-order chi connectivity index (χ1) is 18.1. The highest BCUT2D eigenvalue weighted by molar-refractivity contribution is 7.90. The zero-order valence-corrected chi connectivity index (χ0v) is 21.9. The van der Waals surface area contributed by atoms with E-state index in [0.717, 1.165) is 37.9 Å². The highest BCUT2D eigenvalue weighted by Crippen LogP contribution is 2.31. The Kier molecular flexibility index (Phi) is 7.18. The summed E-state index contributed by atoms with van der Waals surface area (Å²) in [6.45, 7) is 1.83. The van der Waals surface area contributed by atoms with E-state index < -0.39 is 21.6 Å². The van der Waals surface area contributed by atoms with Gasteiger partial charge in [0.15, 0.2) is 14.9 Å². The predicted molar refractivity (Wildman–Crippen MR) is 136 cm³/mol. The average Bonchev–Trinajstić information content (AvgIpc) is 3.30. The first-order valence-electron chi connectivity index (χ1n) is 11.8. The zero-order chi connectivity index (χ0) is 26.9. The van der Waals surface area contributed by atoms with Crippen LogP contribution in [0.4, 0.5) is 19.1 Å². The highest BCUT2D eigenvalue weighted by Gasteiger charge is 2.32. The van der Waals surface area contributed by atoms with Crippen molar-refractivity contribution in [2.75, 3.05) is 30.9 Å². The summed E-state index contributed by atoms with van der Waals surface area (Å²) >= 11 is 1.34. The van der Waals surface area contributed by atoms with Crippen LogP contribution in [0.15, 0.2) is 47.9 Å². The van der Waals surface area contributed by atoms with Crippen molar-refractivity contribution in [2.24, 2.45) is 5.92 Å². The van der Waals surface area contributed by atoms with Crippen molar-refractivity contribution in [2.45, 2.75) is 30.5 Å². The third kappa shape index (κ3) is 6.01. The number of fused-ring (bicyclic) bond motifs is 1. The molecule has 0 amide bonds. The van der Waals surface area contributed by atoms with Crippen LogP contribution in [0, 0.1) is 5.92 Å². The molecule has 200 valence electrons. The number of piperidine rings is 1. The fraction of sp³-hybridized carbons (Fsp3) is 0.375. The number of nitrogens with zero attached hydrogens (tertiary/aromatic N) is 6. The van der Waals surface area contributed by atoms with Gasteiger partial charge < -0.3 is 9.64 Å². The molecule has 0 atom stereocenters. The van der Waals surface area contributed by atoms with E-state index in [1.807, 2.05) is 11.0 Å². The Bertz CT molecular complexity index is 1520. The van der Waals surface area contributed by atoms with Gasteiger partial charge in [0.05, 0.1) is 17.9 Å². The molecule has 4 aromatic rings. The van der Waals surface area contributed by atoms with Crippen LogP contribution in [0.3, 0.4) is 0 Å². The van der Waals surface area contributed by atoms with Gasteiger partial charge in [-0.2, -0.15) is 13.2 Å². The molecule has 5 heterocycles. The van der Waals surface area contributed by atoms with Crippen LogP contribution in [-0.2, 0) is 16.0 Å². The maximum atomic E-state index is 12.7. The number of rotatable bonds is 7. The van der Waals surface area contributed by atoms with Gasteiger partial charge in [0.1, 0.15) is 10.3 Å². The minimum Gasteiger partial charge on any atom is -0.470 e. The van der Waals surface area contributed by atoms with E-state index in [4.69, 9.17) is 4.74 Å². The highest BCUT2D eigenvalue weighted by atomic mass is 32.2. The quantitative estimate of drug-likeness (QED) is 0.317. The number of ether oxygens (including phenoxy) is 1. The minimum atomic E-state index is -4.45. The van der Waals surface area contributed by atoms with E-state index in [-0.39, 0.29) is 5.03 Å². The lowest BCUT2D eigenvalue weighted by Gasteiger charge is -2.31. The standard InChI is InChI=1S/C24H23F3N6O3S2/c1-38(34,35)20-5-2-16(12-28-20)18-3-4-19-21(31-18)37-23(32-19)36-11-8-15-6-9-33(10-7-15)22-29-13-17(14-30-22)24(25,26)27/h2-5,12-15H,6-11H2,1H3. The normalized spacial score (nSPS) is 15.2. The number of anilines is 1. The van der Waals surface area contributed by atoms with Crippen molar-refractivity contribution < 1.29 is 26.3 Å². The molecule has 1 aliphatic rings. The van der Waals surface area contributed by atoms with Gasteiger partial charge in [-0.15, -0.1) is 0 Å². The molecule has 0 radical (unpaired) electrons. The summed E-state index contributed by atoms with van der Waals surface area (Å²) in [6.07, 6.45) is 2.35. The number of hydrogen-bond donors (Lipinski definition) is 0. The molecule has 1 fully saturated rings. The van der Waals surface area contributed by atoms with Crippen LogP contribution in [0.1, 0.15) is 24.8 Å². The Labute approximate surface area is 220 Å². The van der Waals surface area contributed by atoms with E-state index in [1.54, 1.807) is 12.1 Å². The molecule has 0 spiro atoms. The maximum absolute atomic E-state index is 12.7. The number of sulfone groups is 1. The molecule has 1 aliphatic heterocycles. The molecule has 38 heavy (non-hydrogen) atoms. The lowest BCUT2D eigenvalue weighted by molar-refractivity contribution is -0.138. The lowest BCUT2D eigenvalue weighted by atomic mass is 9.94. The molecule has 0 bridgehead atoms. The van der Waals surface area contributed by atoms with Crippen LogP contribution >= 0.6 is 11.3 Å². The van der Waals surface area contributed by atoms with Crippen LogP contribution in [0.2, 0.25) is 0 Å². The molecule has 4 aromatic heterocycles. The van der Waals surface area contributed by atoms with Crippen molar-refractivity contribution >= 4 is 37.5 Å². The van der Waals surface area contributed by atoms with Gasteiger partial charge in [-0.25, -0.2) is 33.3 Å². The van der Waals surface area contributed by atoms with Gasteiger partial charge >= 0.3 is 6.18 Å². The van der Waals surface area contributed by atoms with Crippen molar-refractivity contribution in [3.05, 3.63) is 48.4 Å². The molecule has 0 aliphatic carbocycles. The van der Waals surface area contributed by atoms with E-state index in [1.165, 1.54) is 23.6 Å². The summed E-state index contributed by atoms with van der Waals surface area (Å²) < 4.78 is 67.3. The fourth-order valence-electron chi connectivity index (χ4n) is 4.14. The Balaban J connectivity index is 1.13. The van der Waals surface area contributed by atoms with Gasteiger partial charge in [0, 0.05) is 43.5 Å². The van der Waals surface area contributed by atoms with Gasteiger partial charge in [-0.05, 0) is 49.4 Å². The first kappa shape index (κ1) is 26.2. The van der Waals surface area contributed by atoms with Gasteiger partial charge in [-0.3, -0.25) is 0 Å². The van der Waals surface area contributed by atoms with Crippen LogP contribution in [0.5, 0.6) is 5.19 Å². The SMILES string of the molecule is CS(=O)(=O)c1ccc(-c2ccc3nc(OCCC4CCN(c5ncc(C(F)(F)F)cn5)CC4)sc3n2)cn1. The number of hydrogen-bond acceptors (Lipinski definition) is 10. The van der Waals surface area contributed by atoms with Crippen LogP contribution in [-0.4, -0.2) is 59.3 Å². The Morgan fingerprint density at radius 2 is 1.76 bits per heavy atom. The van der Waals surface area contributed by atoms with Gasteiger partial charge in [0.2, 0.25) is 5.95 Å². The molecule has 14 heteroatoms. The minimum absolute atomic E-state index is 0.00871. The second kappa shape index (κ2) is 10.4. The maximum Gasteiger partial charge on any atom is 0.419 e. The topological polar surface area (TPSA) is 111 Å². The molecule has 9 nitrogen and oxygen atoms in total. The molecule has 0 saturated carbocycles.